The molecule has 1 aromatic rings. The fraction of sp³-hybridized carbons (Fsp3) is 0.579. The summed E-state index contributed by atoms with van der Waals surface area (Å²) in [6.45, 7) is 5.82. The summed E-state index contributed by atoms with van der Waals surface area (Å²) in [6.07, 6.45) is 4.22. The van der Waals surface area contributed by atoms with Gasteiger partial charge in [0.25, 0.3) is 0 Å². The molecule has 1 N–H and O–H groups in total. The normalized spacial score (nSPS) is 23.6. The Bertz CT molecular complexity index is 624. The van der Waals surface area contributed by atoms with Crippen molar-refractivity contribution in [1.29, 1.82) is 5.26 Å². The molecule has 3 rings (SSSR count). The minimum Gasteiger partial charge on any atom is -0.338 e. The summed E-state index contributed by atoms with van der Waals surface area (Å²) in [5.74, 6) is 0. The number of fused-ring (bicyclic) bond motifs is 1. The zero-order chi connectivity index (χ0) is 16.9. The second kappa shape index (κ2) is 7.67. The number of rotatable bonds is 4. The molecule has 2 saturated heterocycles. The molecular formula is C19H26N4O. The van der Waals surface area contributed by atoms with E-state index in [4.69, 9.17) is 5.26 Å². The highest BCUT2D eigenvalue weighted by Crippen LogP contribution is 2.25. The van der Waals surface area contributed by atoms with E-state index in [1.54, 1.807) is 6.07 Å². The minimum atomic E-state index is 0.0600. The van der Waals surface area contributed by atoms with Crippen molar-refractivity contribution in [3.05, 3.63) is 35.4 Å². The summed E-state index contributed by atoms with van der Waals surface area (Å²) >= 11 is 0. The predicted octanol–water partition coefficient (Wildman–Crippen LogP) is 2.37. The van der Waals surface area contributed by atoms with Crippen LogP contribution in [0.4, 0.5) is 4.79 Å². The van der Waals surface area contributed by atoms with Gasteiger partial charge >= 0.3 is 6.03 Å². The zero-order valence-electron chi connectivity index (χ0n) is 14.4. The standard InChI is InChI=1S/C19H26N4O/c1-2-17-13-22-10-4-7-18(22)14-23(17)19(24)21-9-8-15-5-3-6-16(11-15)12-20/h3,5-6,11,17-18H,2,4,7-10,13-14H2,1H3,(H,21,24)/t17-,18-/m0/s1. The van der Waals surface area contributed by atoms with E-state index in [-0.39, 0.29) is 6.03 Å². The van der Waals surface area contributed by atoms with Gasteiger partial charge in [-0.25, -0.2) is 4.79 Å². The van der Waals surface area contributed by atoms with Gasteiger partial charge in [0.2, 0.25) is 0 Å². The molecule has 2 fully saturated rings. The molecule has 0 unspecified atom stereocenters. The first kappa shape index (κ1) is 16.8. The van der Waals surface area contributed by atoms with E-state index in [9.17, 15) is 4.79 Å². The van der Waals surface area contributed by atoms with E-state index in [0.717, 1.165) is 31.5 Å². The Hall–Kier alpha value is -2.06. The van der Waals surface area contributed by atoms with Crippen LogP contribution in [-0.2, 0) is 6.42 Å². The van der Waals surface area contributed by atoms with E-state index in [2.05, 4.69) is 23.2 Å². The van der Waals surface area contributed by atoms with Crippen molar-refractivity contribution >= 4 is 6.03 Å². The number of piperazine rings is 1. The van der Waals surface area contributed by atoms with Gasteiger partial charge in [0.1, 0.15) is 0 Å². The van der Waals surface area contributed by atoms with E-state index in [1.165, 1.54) is 19.4 Å². The largest absolute Gasteiger partial charge is 0.338 e. The number of amides is 2. The zero-order valence-corrected chi connectivity index (χ0v) is 14.4. The van der Waals surface area contributed by atoms with Crippen molar-refractivity contribution in [1.82, 2.24) is 15.1 Å². The van der Waals surface area contributed by atoms with Crippen LogP contribution >= 0.6 is 0 Å². The van der Waals surface area contributed by atoms with Crippen molar-refractivity contribution in [3.63, 3.8) is 0 Å². The van der Waals surface area contributed by atoms with Gasteiger partial charge in [-0.15, -0.1) is 0 Å². The van der Waals surface area contributed by atoms with Crippen LogP contribution in [0.5, 0.6) is 0 Å². The Morgan fingerprint density at radius 2 is 2.29 bits per heavy atom. The van der Waals surface area contributed by atoms with E-state index in [0.29, 0.717) is 24.2 Å². The highest BCUT2D eigenvalue weighted by atomic mass is 16.2. The highest BCUT2D eigenvalue weighted by Gasteiger charge is 2.37. The van der Waals surface area contributed by atoms with Crippen LogP contribution < -0.4 is 5.32 Å². The average molecular weight is 326 g/mol. The van der Waals surface area contributed by atoms with Crippen LogP contribution in [0.15, 0.2) is 24.3 Å². The Kier molecular flexibility index (Phi) is 5.37. The molecule has 2 heterocycles. The number of hydrogen-bond donors (Lipinski definition) is 1. The molecule has 0 saturated carbocycles. The van der Waals surface area contributed by atoms with Crippen LogP contribution in [0, 0.1) is 11.3 Å². The van der Waals surface area contributed by atoms with Gasteiger partial charge in [-0.1, -0.05) is 19.1 Å². The third kappa shape index (κ3) is 3.70. The molecule has 5 heteroatoms. The number of nitrogens with one attached hydrogen (secondary N) is 1. The summed E-state index contributed by atoms with van der Waals surface area (Å²) in [7, 11) is 0. The van der Waals surface area contributed by atoms with Crippen molar-refractivity contribution in [2.45, 2.75) is 44.7 Å². The number of urea groups is 1. The smallest absolute Gasteiger partial charge is 0.317 e. The van der Waals surface area contributed by atoms with E-state index >= 15 is 0 Å². The number of carbonyl (C=O) groups excluding carboxylic acids is 1. The molecule has 1 aromatic carbocycles. The van der Waals surface area contributed by atoms with Crippen molar-refractivity contribution in [3.8, 4) is 6.07 Å². The number of hydrogen-bond acceptors (Lipinski definition) is 3. The summed E-state index contributed by atoms with van der Waals surface area (Å²) in [5.41, 5.74) is 1.75. The maximum absolute atomic E-state index is 12.6. The van der Waals surface area contributed by atoms with Gasteiger partial charge < -0.3 is 10.2 Å². The molecule has 128 valence electrons. The number of carbonyl (C=O) groups is 1. The summed E-state index contributed by atoms with van der Waals surface area (Å²) in [4.78, 5) is 17.2. The molecular weight excluding hydrogens is 300 g/mol. The van der Waals surface area contributed by atoms with Gasteiger partial charge in [-0.3, -0.25) is 4.90 Å². The quantitative estimate of drug-likeness (QED) is 0.924. The lowest BCUT2D eigenvalue weighted by Crippen LogP contribution is -2.59. The van der Waals surface area contributed by atoms with Gasteiger partial charge in [0.05, 0.1) is 11.6 Å². The lowest BCUT2D eigenvalue weighted by atomic mass is 10.1. The SMILES string of the molecule is CC[C@H]1CN2CCC[C@H]2CN1C(=O)NCCc1cccc(C#N)c1. The van der Waals surface area contributed by atoms with Gasteiger partial charge in [-0.2, -0.15) is 5.26 Å². The summed E-state index contributed by atoms with van der Waals surface area (Å²) in [5, 5.41) is 12.0. The predicted molar refractivity (Wildman–Crippen MR) is 93.6 cm³/mol. The second-order valence-corrected chi connectivity index (χ2v) is 6.80. The maximum Gasteiger partial charge on any atom is 0.317 e. The van der Waals surface area contributed by atoms with Crippen molar-refractivity contribution in [2.75, 3.05) is 26.2 Å². The van der Waals surface area contributed by atoms with Crippen LogP contribution in [0.2, 0.25) is 0 Å². The van der Waals surface area contributed by atoms with Gasteiger partial charge in [0, 0.05) is 31.7 Å². The van der Waals surface area contributed by atoms with Crippen molar-refractivity contribution < 1.29 is 4.79 Å². The monoisotopic (exact) mass is 326 g/mol. The molecule has 0 aromatic heterocycles. The third-order valence-electron chi connectivity index (χ3n) is 5.27. The molecule has 2 amide bonds. The average Bonchev–Trinajstić information content (AvgIpc) is 3.08. The topological polar surface area (TPSA) is 59.4 Å². The first-order chi connectivity index (χ1) is 11.7. The molecule has 2 aliphatic heterocycles. The first-order valence-electron chi connectivity index (χ1n) is 8.98. The summed E-state index contributed by atoms with van der Waals surface area (Å²) in [6, 6.07) is 10.7. The molecule has 0 bridgehead atoms. The number of benzene rings is 1. The second-order valence-electron chi connectivity index (χ2n) is 6.80. The Morgan fingerprint density at radius 1 is 1.42 bits per heavy atom. The van der Waals surface area contributed by atoms with Gasteiger partial charge in [-0.05, 0) is 49.9 Å². The first-order valence-corrected chi connectivity index (χ1v) is 8.98. The van der Waals surface area contributed by atoms with Crippen LogP contribution in [0.3, 0.4) is 0 Å². The Labute approximate surface area is 144 Å². The fourth-order valence-corrected chi connectivity index (χ4v) is 3.90. The van der Waals surface area contributed by atoms with Crippen LogP contribution in [0.1, 0.15) is 37.3 Å². The van der Waals surface area contributed by atoms with Gasteiger partial charge in [0.15, 0.2) is 0 Å². The fourth-order valence-electron chi connectivity index (χ4n) is 3.90. The lowest BCUT2D eigenvalue weighted by molar-refractivity contribution is 0.0713. The Balaban J connectivity index is 1.53. The molecule has 2 atom stereocenters. The van der Waals surface area contributed by atoms with E-state index < -0.39 is 0 Å². The third-order valence-corrected chi connectivity index (χ3v) is 5.27. The molecule has 5 nitrogen and oxygen atoms in total. The summed E-state index contributed by atoms with van der Waals surface area (Å²) < 4.78 is 0. The number of nitrogens with zero attached hydrogens (tertiary/aromatic N) is 3. The van der Waals surface area contributed by atoms with Crippen LogP contribution in [-0.4, -0.2) is 54.1 Å². The highest BCUT2D eigenvalue weighted by molar-refractivity contribution is 5.74. The maximum atomic E-state index is 12.6. The Morgan fingerprint density at radius 3 is 3.08 bits per heavy atom. The number of nitriles is 1. The lowest BCUT2D eigenvalue weighted by Gasteiger charge is -2.43. The molecule has 0 spiro atoms. The minimum absolute atomic E-state index is 0.0600. The van der Waals surface area contributed by atoms with Crippen LogP contribution in [0.25, 0.3) is 0 Å². The molecule has 0 aliphatic carbocycles. The van der Waals surface area contributed by atoms with E-state index in [1.807, 2.05) is 23.1 Å². The van der Waals surface area contributed by atoms with Crippen molar-refractivity contribution in [2.24, 2.45) is 0 Å². The molecule has 24 heavy (non-hydrogen) atoms. The molecule has 0 radical (unpaired) electrons. The molecule has 2 aliphatic rings.